The lowest BCUT2D eigenvalue weighted by molar-refractivity contribution is 0.0992. The van der Waals surface area contributed by atoms with Crippen molar-refractivity contribution in [2.45, 2.75) is 26.4 Å². The maximum Gasteiger partial charge on any atom is 0.121 e. The van der Waals surface area contributed by atoms with E-state index >= 15 is 0 Å². The van der Waals surface area contributed by atoms with Crippen LogP contribution in [0.25, 0.3) is 0 Å². The maximum atomic E-state index is 5.25. The molecule has 0 fully saturated rings. The van der Waals surface area contributed by atoms with Gasteiger partial charge in [-0.15, -0.1) is 0 Å². The van der Waals surface area contributed by atoms with Crippen molar-refractivity contribution in [3.63, 3.8) is 0 Å². The molecule has 0 aliphatic rings. The Morgan fingerprint density at radius 2 is 2.29 bits per heavy atom. The number of hydrogen-bond acceptors (Lipinski definition) is 1. The van der Waals surface area contributed by atoms with Crippen molar-refractivity contribution in [1.29, 1.82) is 0 Å². The van der Waals surface area contributed by atoms with E-state index in [0.717, 1.165) is 6.42 Å². The minimum atomic E-state index is 0.314. The third-order valence-electron chi connectivity index (χ3n) is 0.922. The van der Waals surface area contributed by atoms with Crippen molar-refractivity contribution in [3.05, 3.63) is 0 Å². The topological polar surface area (TPSA) is 9.23 Å². The summed E-state index contributed by atoms with van der Waals surface area (Å²) in [5, 5.41) is 0. The summed E-state index contributed by atoms with van der Waals surface area (Å²) in [6.45, 7) is 4.07. The Labute approximate surface area is 49.6 Å². The molecule has 0 N–H and O–H groups in total. The van der Waals surface area contributed by atoms with Crippen LogP contribution in [0.5, 0.6) is 0 Å². The van der Waals surface area contributed by atoms with Crippen LogP contribution in [0.1, 0.15) is 20.3 Å². The molecule has 2 heteroatoms. The van der Waals surface area contributed by atoms with E-state index in [-0.39, 0.29) is 0 Å². The minimum absolute atomic E-state index is 0.314. The smallest absolute Gasteiger partial charge is 0.121 e. The van der Waals surface area contributed by atoms with E-state index in [1.807, 2.05) is 6.92 Å². The zero-order chi connectivity index (χ0) is 5.70. The summed E-state index contributed by atoms with van der Waals surface area (Å²) in [5.41, 5.74) is 0. The SMILES string of the molecule is CC[C@H](C)OCCl. The molecule has 0 aromatic rings. The fraction of sp³-hybridized carbons (Fsp3) is 1.00. The molecule has 0 aromatic carbocycles. The number of hydrogen-bond donors (Lipinski definition) is 0. The third kappa shape index (κ3) is 4.10. The van der Waals surface area contributed by atoms with Crippen molar-refractivity contribution in [2.75, 3.05) is 6.07 Å². The Morgan fingerprint density at radius 1 is 1.71 bits per heavy atom. The minimum Gasteiger partial charge on any atom is -0.363 e. The predicted molar refractivity (Wildman–Crippen MR) is 31.6 cm³/mol. The molecule has 1 nitrogen and oxygen atoms in total. The number of rotatable bonds is 3. The normalized spacial score (nSPS) is 14.1. The van der Waals surface area contributed by atoms with Gasteiger partial charge in [0.2, 0.25) is 0 Å². The van der Waals surface area contributed by atoms with Crippen LogP contribution in [0.4, 0.5) is 0 Å². The quantitative estimate of drug-likeness (QED) is 0.521. The van der Waals surface area contributed by atoms with E-state index in [1.54, 1.807) is 0 Å². The highest BCUT2D eigenvalue weighted by Gasteiger charge is 1.92. The lowest BCUT2D eigenvalue weighted by atomic mass is 10.3. The lowest BCUT2D eigenvalue weighted by Crippen LogP contribution is -2.03. The first-order valence-corrected chi connectivity index (χ1v) is 3.02. The Hall–Kier alpha value is 0.250. The molecule has 0 saturated heterocycles. The van der Waals surface area contributed by atoms with E-state index in [1.165, 1.54) is 0 Å². The van der Waals surface area contributed by atoms with E-state index < -0.39 is 0 Å². The van der Waals surface area contributed by atoms with Gasteiger partial charge in [0.05, 0.1) is 6.10 Å². The van der Waals surface area contributed by atoms with E-state index in [2.05, 4.69) is 6.92 Å². The van der Waals surface area contributed by atoms with Gasteiger partial charge < -0.3 is 4.74 Å². The van der Waals surface area contributed by atoms with Crippen LogP contribution in [0.3, 0.4) is 0 Å². The Kier molecular flexibility index (Phi) is 4.57. The average molecular weight is 123 g/mol. The average Bonchev–Trinajstić information content (AvgIpc) is 1.68. The summed E-state index contributed by atoms with van der Waals surface area (Å²) in [7, 11) is 0. The molecule has 0 bridgehead atoms. The van der Waals surface area contributed by atoms with Gasteiger partial charge >= 0.3 is 0 Å². The van der Waals surface area contributed by atoms with Crippen molar-refractivity contribution < 1.29 is 4.74 Å². The molecule has 0 aliphatic heterocycles. The second kappa shape index (κ2) is 4.41. The molecule has 0 saturated carbocycles. The summed E-state index contributed by atoms with van der Waals surface area (Å²) in [5.74, 6) is 0. The predicted octanol–water partition coefficient (Wildman–Crippen LogP) is 2.00. The molecule has 44 valence electrons. The molecule has 0 aliphatic carbocycles. The molecule has 0 unspecified atom stereocenters. The first kappa shape index (κ1) is 7.25. The lowest BCUT2D eigenvalue weighted by Gasteiger charge is -2.04. The van der Waals surface area contributed by atoms with E-state index in [9.17, 15) is 0 Å². The largest absolute Gasteiger partial charge is 0.363 e. The fourth-order valence-electron chi connectivity index (χ4n) is 0.225. The Bertz CT molecular complexity index is 39.1. The number of alkyl halides is 1. The first-order chi connectivity index (χ1) is 3.31. The number of halogens is 1. The van der Waals surface area contributed by atoms with Crippen molar-refractivity contribution in [1.82, 2.24) is 0 Å². The zero-order valence-corrected chi connectivity index (χ0v) is 5.53. The molecule has 0 aromatic heterocycles. The van der Waals surface area contributed by atoms with Crippen LogP contribution in [-0.2, 0) is 4.74 Å². The highest BCUT2D eigenvalue weighted by molar-refractivity contribution is 6.17. The molecule has 0 rings (SSSR count). The third-order valence-corrected chi connectivity index (χ3v) is 1.05. The highest BCUT2D eigenvalue weighted by Crippen LogP contribution is 1.95. The van der Waals surface area contributed by atoms with Crippen LogP contribution >= 0.6 is 11.6 Å². The molecule has 7 heavy (non-hydrogen) atoms. The van der Waals surface area contributed by atoms with Crippen LogP contribution in [0.15, 0.2) is 0 Å². The molecule has 0 spiro atoms. The van der Waals surface area contributed by atoms with Gasteiger partial charge in [0, 0.05) is 0 Å². The molecular weight excluding hydrogens is 112 g/mol. The van der Waals surface area contributed by atoms with Crippen LogP contribution in [0, 0.1) is 0 Å². The highest BCUT2D eigenvalue weighted by atomic mass is 35.5. The van der Waals surface area contributed by atoms with Gasteiger partial charge in [-0.3, -0.25) is 0 Å². The number of ether oxygens (including phenoxy) is 1. The van der Waals surface area contributed by atoms with Gasteiger partial charge in [-0.2, -0.15) is 0 Å². The molecule has 1 atom stereocenters. The fourth-order valence-corrected chi connectivity index (χ4v) is 0.440. The molecular formula is C5H11ClO. The van der Waals surface area contributed by atoms with Crippen LogP contribution in [-0.4, -0.2) is 12.2 Å². The summed E-state index contributed by atoms with van der Waals surface area (Å²) < 4.78 is 4.96. The second-order valence-corrected chi connectivity index (χ2v) is 1.71. The summed E-state index contributed by atoms with van der Waals surface area (Å²) >= 11 is 5.25. The Morgan fingerprint density at radius 3 is 2.43 bits per heavy atom. The van der Waals surface area contributed by atoms with E-state index in [0.29, 0.717) is 12.2 Å². The zero-order valence-electron chi connectivity index (χ0n) is 4.78. The van der Waals surface area contributed by atoms with Crippen molar-refractivity contribution in [3.8, 4) is 0 Å². The molecule has 0 amide bonds. The molecule has 0 heterocycles. The van der Waals surface area contributed by atoms with Gasteiger partial charge in [-0.1, -0.05) is 18.5 Å². The van der Waals surface area contributed by atoms with Gasteiger partial charge in [-0.05, 0) is 13.3 Å². The van der Waals surface area contributed by atoms with Gasteiger partial charge in [0.15, 0.2) is 0 Å². The van der Waals surface area contributed by atoms with Crippen LogP contribution < -0.4 is 0 Å². The monoisotopic (exact) mass is 122 g/mol. The summed E-state index contributed by atoms with van der Waals surface area (Å²) in [4.78, 5) is 0. The first-order valence-electron chi connectivity index (χ1n) is 2.48. The summed E-state index contributed by atoms with van der Waals surface area (Å²) in [6.07, 6.45) is 1.35. The molecule has 0 radical (unpaired) electrons. The van der Waals surface area contributed by atoms with Gasteiger partial charge in [0.25, 0.3) is 0 Å². The van der Waals surface area contributed by atoms with Crippen molar-refractivity contribution >= 4 is 11.6 Å². The van der Waals surface area contributed by atoms with Crippen LogP contribution in [0.2, 0.25) is 0 Å². The maximum absolute atomic E-state index is 5.25. The standard InChI is InChI=1S/C5H11ClO/c1-3-5(2)7-4-6/h5H,3-4H2,1-2H3/t5-/m0/s1. The van der Waals surface area contributed by atoms with Gasteiger partial charge in [0.1, 0.15) is 6.07 Å². The van der Waals surface area contributed by atoms with Gasteiger partial charge in [-0.25, -0.2) is 0 Å². The second-order valence-electron chi connectivity index (χ2n) is 1.49. The Balaban J connectivity index is 2.83. The summed E-state index contributed by atoms with van der Waals surface area (Å²) in [6, 6.07) is 0.314. The van der Waals surface area contributed by atoms with E-state index in [4.69, 9.17) is 16.3 Å². The van der Waals surface area contributed by atoms with Crippen molar-refractivity contribution in [2.24, 2.45) is 0 Å².